The molecule has 134 valence electrons. The van der Waals surface area contributed by atoms with Crippen molar-refractivity contribution in [2.45, 2.75) is 11.5 Å². The van der Waals surface area contributed by atoms with Crippen LogP contribution < -0.4 is 5.14 Å². The zero-order valence-electron chi connectivity index (χ0n) is 13.3. The van der Waals surface area contributed by atoms with E-state index in [-0.39, 0.29) is 12.5 Å². The fourth-order valence-corrected chi connectivity index (χ4v) is 2.70. The monoisotopic (exact) mass is 376 g/mol. The SMILES string of the molecule is NS(=O)(=O)c1ccc(F)c(C(=O)OCc2ncc(-c3ccccc3)o2)c1. The van der Waals surface area contributed by atoms with E-state index >= 15 is 0 Å². The van der Waals surface area contributed by atoms with Crippen molar-refractivity contribution < 1.29 is 26.8 Å². The molecule has 0 aliphatic carbocycles. The Balaban J connectivity index is 1.73. The third kappa shape index (κ3) is 3.95. The summed E-state index contributed by atoms with van der Waals surface area (Å²) in [5.41, 5.74) is 0.246. The number of esters is 1. The van der Waals surface area contributed by atoms with Gasteiger partial charge < -0.3 is 9.15 Å². The molecule has 3 aromatic rings. The van der Waals surface area contributed by atoms with Crippen molar-refractivity contribution in [3.8, 4) is 11.3 Å². The second-order valence-electron chi connectivity index (χ2n) is 5.25. The fraction of sp³-hybridized carbons (Fsp3) is 0.0588. The lowest BCUT2D eigenvalue weighted by atomic mass is 10.2. The molecular formula is C17H13FN2O5S. The van der Waals surface area contributed by atoms with Crippen molar-refractivity contribution in [3.05, 3.63) is 72.0 Å². The molecule has 0 amide bonds. The van der Waals surface area contributed by atoms with Gasteiger partial charge in [0.05, 0.1) is 16.7 Å². The number of rotatable bonds is 5. The van der Waals surface area contributed by atoms with E-state index in [1.54, 1.807) is 0 Å². The quantitative estimate of drug-likeness (QED) is 0.685. The second kappa shape index (κ2) is 7.06. The lowest BCUT2D eigenvalue weighted by molar-refractivity contribution is 0.0433. The molecule has 26 heavy (non-hydrogen) atoms. The number of carbonyl (C=O) groups is 1. The summed E-state index contributed by atoms with van der Waals surface area (Å²) in [6.45, 7) is -0.343. The molecule has 0 atom stereocenters. The Bertz CT molecular complexity index is 1050. The number of carbonyl (C=O) groups excluding carboxylic acids is 1. The van der Waals surface area contributed by atoms with E-state index in [1.165, 1.54) is 6.20 Å². The van der Waals surface area contributed by atoms with Crippen LogP contribution in [0, 0.1) is 5.82 Å². The van der Waals surface area contributed by atoms with Gasteiger partial charge in [0.15, 0.2) is 12.4 Å². The average Bonchev–Trinajstić information content (AvgIpc) is 3.09. The number of hydrogen-bond acceptors (Lipinski definition) is 6. The molecule has 0 spiro atoms. The predicted octanol–water partition coefficient (Wildman–Crippen LogP) is 2.49. The molecule has 0 aliphatic heterocycles. The van der Waals surface area contributed by atoms with Gasteiger partial charge in [-0.05, 0) is 18.2 Å². The van der Waals surface area contributed by atoms with E-state index in [9.17, 15) is 17.6 Å². The Morgan fingerprint density at radius 1 is 1.19 bits per heavy atom. The number of sulfonamides is 1. The molecule has 2 N–H and O–H groups in total. The number of nitrogens with zero attached hydrogens (tertiary/aromatic N) is 1. The number of hydrogen-bond donors (Lipinski definition) is 1. The molecule has 7 nitrogen and oxygen atoms in total. The van der Waals surface area contributed by atoms with Crippen LogP contribution in [0.4, 0.5) is 4.39 Å². The predicted molar refractivity (Wildman–Crippen MR) is 88.8 cm³/mol. The first kappa shape index (κ1) is 17.8. The van der Waals surface area contributed by atoms with Gasteiger partial charge in [0.1, 0.15) is 5.82 Å². The van der Waals surface area contributed by atoms with Gasteiger partial charge in [0, 0.05) is 5.56 Å². The molecule has 0 aliphatic rings. The number of benzene rings is 2. The summed E-state index contributed by atoms with van der Waals surface area (Å²) in [7, 11) is -4.08. The minimum Gasteiger partial charge on any atom is -0.452 e. The van der Waals surface area contributed by atoms with Gasteiger partial charge in [0.25, 0.3) is 0 Å². The van der Waals surface area contributed by atoms with Crippen LogP contribution in [0.25, 0.3) is 11.3 Å². The first-order valence-corrected chi connectivity index (χ1v) is 8.89. The molecule has 1 heterocycles. The van der Waals surface area contributed by atoms with Gasteiger partial charge in [-0.1, -0.05) is 30.3 Å². The number of nitrogens with two attached hydrogens (primary N) is 1. The normalized spacial score (nSPS) is 11.3. The minimum absolute atomic E-state index is 0.111. The van der Waals surface area contributed by atoms with E-state index in [0.717, 1.165) is 23.8 Å². The van der Waals surface area contributed by atoms with Crippen molar-refractivity contribution in [3.63, 3.8) is 0 Å². The summed E-state index contributed by atoms with van der Waals surface area (Å²) >= 11 is 0. The van der Waals surface area contributed by atoms with E-state index in [2.05, 4.69) is 4.98 Å². The van der Waals surface area contributed by atoms with E-state index in [1.807, 2.05) is 30.3 Å². The highest BCUT2D eigenvalue weighted by molar-refractivity contribution is 7.89. The standard InChI is InChI=1S/C17H13FN2O5S/c18-14-7-6-12(26(19,22)23)8-13(14)17(21)24-10-16-20-9-15(25-16)11-4-2-1-3-5-11/h1-9H,10H2,(H2,19,22,23). The van der Waals surface area contributed by atoms with Crippen molar-refractivity contribution in [1.29, 1.82) is 0 Å². The molecule has 0 saturated carbocycles. The highest BCUT2D eigenvalue weighted by Crippen LogP contribution is 2.21. The van der Waals surface area contributed by atoms with Crippen LogP contribution in [0.5, 0.6) is 0 Å². The Morgan fingerprint density at radius 2 is 1.92 bits per heavy atom. The van der Waals surface area contributed by atoms with Crippen LogP contribution in [0.2, 0.25) is 0 Å². The topological polar surface area (TPSA) is 112 Å². The molecule has 0 bridgehead atoms. The lowest BCUT2D eigenvalue weighted by Gasteiger charge is -2.05. The molecule has 2 aromatic carbocycles. The summed E-state index contributed by atoms with van der Waals surface area (Å²) in [6, 6.07) is 11.8. The van der Waals surface area contributed by atoms with Gasteiger partial charge in [-0.25, -0.2) is 27.7 Å². The molecule has 0 fully saturated rings. The third-order valence-corrected chi connectivity index (χ3v) is 4.34. The van der Waals surface area contributed by atoms with Crippen LogP contribution in [-0.4, -0.2) is 19.4 Å². The summed E-state index contributed by atoms with van der Waals surface area (Å²) in [5.74, 6) is -1.40. The Morgan fingerprint density at radius 3 is 2.62 bits per heavy atom. The molecule has 1 aromatic heterocycles. The second-order valence-corrected chi connectivity index (χ2v) is 6.81. The summed E-state index contributed by atoms with van der Waals surface area (Å²) in [4.78, 5) is 15.6. The molecular weight excluding hydrogens is 363 g/mol. The number of ether oxygens (including phenoxy) is 1. The van der Waals surface area contributed by atoms with Gasteiger partial charge >= 0.3 is 5.97 Å². The zero-order chi connectivity index (χ0) is 18.7. The van der Waals surface area contributed by atoms with Crippen LogP contribution in [0.1, 0.15) is 16.2 Å². The molecule has 3 rings (SSSR count). The van der Waals surface area contributed by atoms with Crippen molar-refractivity contribution in [2.24, 2.45) is 5.14 Å². The van der Waals surface area contributed by atoms with Gasteiger partial charge in [-0.15, -0.1) is 0 Å². The maximum Gasteiger partial charge on any atom is 0.341 e. The average molecular weight is 376 g/mol. The molecule has 0 saturated heterocycles. The summed E-state index contributed by atoms with van der Waals surface area (Å²) < 4.78 is 46.8. The third-order valence-electron chi connectivity index (χ3n) is 3.42. The van der Waals surface area contributed by atoms with Crippen LogP contribution >= 0.6 is 0 Å². The van der Waals surface area contributed by atoms with Crippen molar-refractivity contribution in [1.82, 2.24) is 4.98 Å². The van der Waals surface area contributed by atoms with Gasteiger partial charge in [-0.3, -0.25) is 0 Å². The molecule has 0 unspecified atom stereocenters. The fourth-order valence-electron chi connectivity index (χ4n) is 2.16. The van der Waals surface area contributed by atoms with Gasteiger partial charge in [0.2, 0.25) is 15.9 Å². The van der Waals surface area contributed by atoms with Crippen LogP contribution in [0.3, 0.4) is 0 Å². The van der Waals surface area contributed by atoms with Crippen LogP contribution in [-0.2, 0) is 21.4 Å². The van der Waals surface area contributed by atoms with E-state index in [4.69, 9.17) is 14.3 Å². The largest absolute Gasteiger partial charge is 0.452 e. The maximum absolute atomic E-state index is 13.8. The summed E-state index contributed by atoms with van der Waals surface area (Å²) in [6.07, 6.45) is 1.47. The number of oxazole rings is 1. The first-order chi connectivity index (χ1) is 12.3. The number of halogens is 1. The lowest BCUT2D eigenvalue weighted by Crippen LogP contribution is -2.14. The van der Waals surface area contributed by atoms with E-state index < -0.39 is 32.3 Å². The van der Waals surface area contributed by atoms with Gasteiger partial charge in [-0.2, -0.15) is 0 Å². The smallest absolute Gasteiger partial charge is 0.341 e. The van der Waals surface area contributed by atoms with E-state index in [0.29, 0.717) is 5.76 Å². The number of primary sulfonamides is 1. The highest BCUT2D eigenvalue weighted by atomic mass is 32.2. The Hall–Kier alpha value is -3.04. The molecule has 9 heteroatoms. The first-order valence-electron chi connectivity index (χ1n) is 7.34. The van der Waals surface area contributed by atoms with Crippen molar-refractivity contribution >= 4 is 16.0 Å². The van der Waals surface area contributed by atoms with Crippen molar-refractivity contribution in [2.75, 3.05) is 0 Å². The molecule has 0 radical (unpaired) electrons. The Kier molecular flexibility index (Phi) is 4.83. The number of aromatic nitrogens is 1. The highest BCUT2D eigenvalue weighted by Gasteiger charge is 2.19. The van der Waals surface area contributed by atoms with Crippen LogP contribution in [0.15, 0.2) is 64.0 Å². The maximum atomic E-state index is 13.8. The Labute approximate surface area is 148 Å². The zero-order valence-corrected chi connectivity index (χ0v) is 14.1. The summed E-state index contributed by atoms with van der Waals surface area (Å²) in [5, 5.41) is 4.97. The minimum atomic E-state index is -4.08.